The molecular formula is C37H46N4O3. The third-order valence-electron chi connectivity index (χ3n) is 7.45. The zero-order valence-corrected chi connectivity index (χ0v) is 26.3. The van der Waals surface area contributed by atoms with Gasteiger partial charge in [0.2, 0.25) is 5.84 Å². The number of amidine groups is 1. The van der Waals surface area contributed by atoms with Gasteiger partial charge < -0.3 is 10.1 Å². The number of ether oxygens (including phenoxy) is 1. The normalized spacial score (nSPS) is 15.1. The van der Waals surface area contributed by atoms with Gasteiger partial charge >= 0.3 is 5.97 Å². The Balaban J connectivity index is 0.000000572. The molecule has 4 N–H and O–H groups in total. The summed E-state index contributed by atoms with van der Waals surface area (Å²) in [7, 11) is 0. The van der Waals surface area contributed by atoms with E-state index in [0.717, 1.165) is 33.2 Å². The molecule has 1 aliphatic rings. The molecular weight excluding hydrogens is 548 g/mol. The van der Waals surface area contributed by atoms with Crippen LogP contribution in [0.1, 0.15) is 51.7 Å². The van der Waals surface area contributed by atoms with Crippen molar-refractivity contribution in [1.82, 2.24) is 10.3 Å². The van der Waals surface area contributed by atoms with Crippen molar-refractivity contribution in [2.75, 3.05) is 6.54 Å². The van der Waals surface area contributed by atoms with Crippen LogP contribution in [-0.4, -0.2) is 35.3 Å². The van der Waals surface area contributed by atoms with E-state index < -0.39 is 11.8 Å². The van der Waals surface area contributed by atoms with Gasteiger partial charge in [0.15, 0.2) is 0 Å². The summed E-state index contributed by atoms with van der Waals surface area (Å²) in [6.45, 7) is 8.51. The third-order valence-corrected chi connectivity index (χ3v) is 7.45. The molecule has 4 rings (SSSR count). The summed E-state index contributed by atoms with van der Waals surface area (Å²) in [6.07, 6.45) is 8.68. The van der Waals surface area contributed by atoms with Crippen LogP contribution in [0.3, 0.4) is 0 Å². The lowest BCUT2D eigenvalue weighted by atomic mass is 9.94. The van der Waals surface area contributed by atoms with E-state index in [1.807, 2.05) is 72.8 Å². The Labute approximate surface area is 262 Å². The summed E-state index contributed by atoms with van der Waals surface area (Å²) >= 11 is 0. The number of rotatable bonds is 10. The van der Waals surface area contributed by atoms with Gasteiger partial charge in [-0.1, -0.05) is 123 Å². The van der Waals surface area contributed by atoms with E-state index in [2.05, 4.69) is 49.5 Å². The largest absolute Gasteiger partial charge is 0.461 e. The first-order chi connectivity index (χ1) is 21.2. The molecule has 3 atom stereocenters. The molecule has 0 fully saturated rings. The van der Waals surface area contributed by atoms with Crippen molar-refractivity contribution in [1.29, 1.82) is 5.41 Å². The number of carbonyl (C=O) groups is 2. The maximum atomic E-state index is 12.7. The Morgan fingerprint density at radius 2 is 1.59 bits per heavy atom. The fraction of sp³-hybridized carbons (Fsp3) is 0.324. The van der Waals surface area contributed by atoms with Crippen molar-refractivity contribution in [2.24, 2.45) is 17.7 Å². The van der Waals surface area contributed by atoms with Crippen LogP contribution in [0.5, 0.6) is 0 Å². The van der Waals surface area contributed by atoms with Crippen molar-refractivity contribution in [2.45, 2.75) is 59.6 Å². The summed E-state index contributed by atoms with van der Waals surface area (Å²) in [6, 6.07) is 27.3. The van der Waals surface area contributed by atoms with E-state index in [1.54, 1.807) is 13.8 Å². The number of allylic oxidation sites excluding steroid dienone is 4. The quantitative estimate of drug-likeness (QED) is 0.0782. The Morgan fingerprint density at radius 3 is 2.16 bits per heavy atom. The number of likely N-dealkylation sites (N-methyl/N-ethyl adjacent to an activating group) is 1. The zero-order chi connectivity index (χ0) is 31.9. The van der Waals surface area contributed by atoms with E-state index in [9.17, 15) is 9.59 Å². The standard InChI is InChI=1S/C29H34N4O3.C8H12/c1-3-33(31)27(30)28(34)32-26(18-21(2)29(35)36-20-23-10-6-4-7-11-23)19-22-14-16-25(17-15-22)24-12-8-5-9-13-24;1-7-4-3-5-8(2)6-7/h4-17,21,26,30H,3,18-20,31H2,1-2H3,(H,32,34);3-5,7H,6H2,1-2H3/t21-,26?;/m1./s1. The summed E-state index contributed by atoms with van der Waals surface area (Å²) in [5.41, 5.74) is 5.65. The maximum absolute atomic E-state index is 12.7. The van der Waals surface area contributed by atoms with Crippen molar-refractivity contribution in [3.63, 3.8) is 0 Å². The van der Waals surface area contributed by atoms with E-state index in [1.165, 1.54) is 12.0 Å². The van der Waals surface area contributed by atoms with Gasteiger partial charge in [0.1, 0.15) is 6.61 Å². The van der Waals surface area contributed by atoms with Crippen molar-refractivity contribution in [3.8, 4) is 11.1 Å². The molecule has 2 unspecified atom stereocenters. The highest BCUT2D eigenvalue weighted by atomic mass is 16.5. The van der Waals surface area contributed by atoms with Gasteiger partial charge in [0.05, 0.1) is 5.92 Å². The summed E-state index contributed by atoms with van der Waals surface area (Å²) in [5, 5.41) is 12.0. The number of esters is 1. The summed E-state index contributed by atoms with van der Waals surface area (Å²) < 4.78 is 5.49. The summed E-state index contributed by atoms with van der Waals surface area (Å²) in [5.74, 6) is 4.83. The fourth-order valence-corrected chi connectivity index (χ4v) is 4.93. The lowest BCUT2D eigenvalue weighted by Gasteiger charge is -2.24. The van der Waals surface area contributed by atoms with Gasteiger partial charge in [-0.05, 0) is 61.3 Å². The summed E-state index contributed by atoms with van der Waals surface area (Å²) in [4.78, 5) is 25.3. The molecule has 1 amide bonds. The van der Waals surface area contributed by atoms with Crippen molar-refractivity contribution >= 4 is 17.7 Å². The number of amides is 1. The Kier molecular flexibility index (Phi) is 13.6. The number of benzene rings is 3. The molecule has 7 nitrogen and oxygen atoms in total. The van der Waals surface area contributed by atoms with Crippen LogP contribution in [-0.2, 0) is 27.4 Å². The molecule has 0 bridgehead atoms. The molecule has 1 aliphatic carbocycles. The first-order valence-corrected chi connectivity index (χ1v) is 15.3. The molecule has 232 valence electrons. The van der Waals surface area contributed by atoms with Crippen LogP contribution < -0.4 is 11.2 Å². The van der Waals surface area contributed by atoms with Crippen LogP contribution in [0.25, 0.3) is 11.1 Å². The predicted octanol–water partition coefficient (Wildman–Crippen LogP) is 6.85. The number of carbonyl (C=O) groups excluding carboxylic acids is 2. The van der Waals surface area contributed by atoms with Crippen LogP contribution >= 0.6 is 0 Å². The molecule has 0 aliphatic heterocycles. The zero-order valence-electron chi connectivity index (χ0n) is 26.3. The maximum Gasteiger partial charge on any atom is 0.309 e. The molecule has 3 aromatic rings. The first-order valence-electron chi connectivity index (χ1n) is 15.3. The highest BCUT2D eigenvalue weighted by Crippen LogP contribution is 2.21. The molecule has 0 heterocycles. The minimum atomic E-state index is -0.574. The number of nitrogens with two attached hydrogens (primary N) is 1. The average molecular weight is 595 g/mol. The Morgan fingerprint density at radius 1 is 0.977 bits per heavy atom. The average Bonchev–Trinajstić information content (AvgIpc) is 3.04. The van der Waals surface area contributed by atoms with Gasteiger partial charge in [-0.25, -0.2) is 5.84 Å². The Bertz CT molecular complexity index is 1400. The number of hydrogen-bond acceptors (Lipinski definition) is 5. The number of hydrogen-bond donors (Lipinski definition) is 3. The lowest BCUT2D eigenvalue weighted by Crippen LogP contribution is -2.49. The molecule has 7 heteroatoms. The number of nitrogens with one attached hydrogen (secondary N) is 2. The van der Waals surface area contributed by atoms with E-state index >= 15 is 0 Å². The molecule has 0 spiro atoms. The molecule has 0 saturated carbocycles. The van der Waals surface area contributed by atoms with E-state index in [0.29, 0.717) is 19.4 Å². The Hall–Kier alpha value is -4.49. The van der Waals surface area contributed by atoms with Crippen LogP contribution in [0.2, 0.25) is 0 Å². The topological polar surface area (TPSA) is 109 Å². The SMILES string of the molecule is CC1=CC=CC(C)C1.CCN(N)C(=N)C(=O)NC(Cc1ccc(-c2ccccc2)cc1)C[C@@H](C)C(=O)OCc1ccccc1. The molecule has 0 saturated heterocycles. The number of nitrogens with zero attached hydrogens (tertiary/aromatic N) is 1. The second-order valence-electron chi connectivity index (χ2n) is 11.4. The molecule has 44 heavy (non-hydrogen) atoms. The van der Waals surface area contributed by atoms with E-state index in [-0.39, 0.29) is 24.5 Å². The van der Waals surface area contributed by atoms with Crippen molar-refractivity contribution in [3.05, 3.63) is 120 Å². The smallest absolute Gasteiger partial charge is 0.309 e. The molecule has 0 radical (unpaired) electrons. The molecule has 3 aromatic carbocycles. The van der Waals surface area contributed by atoms with E-state index in [4.69, 9.17) is 16.0 Å². The van der Waals surface area contributed by atoms with Gasteiger partial charge in [-0.15, -0.1) is 0 Å². The van der Waals surface area contributed by atoms with Gasteiger partial charge in [-0.2, -0.15) is 0 Å². The van der Waals surface area contributed by atoms with Gasteiger partial charge in [-0.3, -0.25) is 20.0 Å². The third kappa shape index (κ3) is 11.3. The first kappa shape index (κ1) is 34.0. The molecule has 0 aromatic heterocycles. The van der Waals surface area contributed by atoms with Crippen LogP contribution in [0.4, 0.5) is 0 Å². The highest BCUT2D eigenvalue weighted by Gasteiger charge is 2.24. The van der Waals surface area contributed by atoms with Crippen molar-refractivity contribution < 1.29 is 14.3 Å². The van der Waals surface area contributed by atoms with Crippen LogP contribution in [0.15, 0.2) is 109 Å². The van der Waals surface area contributed by atoms with Gasteiger partial charge in [0, 0.05) is 12.6 Å². The number of hydrazine groups is 1. The monoisotopic (exact) mass is 594 g/mol. The predicted molar refractivity (Wildman–Crippen MR) is 179 cm³/mol. The fourth-order valence-electron chi connectivity index (χ4n) is 4.93. The van der Waals surface area contributed by atoms with Gasteiger partial charge in [0.25, 0.3) is 5.91 Å². The van der Waals surface area contributed by atoms with Crippen LogP contribution in [0, 0.1) is 17.2 Å². The second-order valence-corrected chi connectivity index (χ2v) is 11.4. The second kappa shape index (κ2) is 17.6. The highest BCUT2D eigenvalue weighted by molar-refractivity contribution is 6.36. The lowest BCUT2D eigenvalue weighted by molar-refractivity contribution is -0.149. The minimum Gasteiger partial charge on any atom is -0.461 e. The minimum absolute atomic E-state index is 0.200.